The maximum atomic E-state index is 6.15. The van der Waals surface area contributed by atoms with Crippen LogP contribution in [0.2, 0.25) is 5.02 Å². The fourth-order valence-corrected chi connectivity index (χ4v) is 4.09. The molecule has 1 unspecified atom stereocenters. The van der Waals surface area contributed by atoms with Crippen LogP contribution >= 0.6 is 27.5 Å². The summed E-state index contributed by atoms with van der Waals surface area (Å²) < 4.78 is 7.22. The molecule has 0 heterocycles. The summed E-state index contributed by atoms with van der Waals surface area (Å²) in [5.41, 5.74) is 3.89. The van der Waals surface area contributed by atoms with Crippen LogP contribution in [0.3, 0.4) is 0 Å². The van der Waals surface area contributed by atoms with E-state index in [4.69, 9.17) is 16.3 Å². The molecule has 0 amide bonds. The Morgan fingerprint density at radius 1 is 1.15 bits per heavy atom. The second-order valence-electron chi connectivity index (χ2n) is 7.38. The molecular weight excluding hydrogens is 410 g/mol. The van der Waals surface area contributed by atoms with E-state index in [9.17, 15) is 0 Å². The van der Waals surface area contributed by atoms with Gasteiger partial charge in [0.1, 0.15) is 5.75 Å². The van der Waals surface area contributed by atoms with Crippen molar-refractivity contribution in [1.29, 1.82) is 0 Å². The third-order valence-electron chi connectivity index (χ3n) is 4.46. The number of benzene rings is 2. The third kappa shape index (κ3) is 6.00. The summed E-state index contributed by atoms with van der Waals surface area (Å²) in [5, 5.41) is 0.755. The SMILES string of the molecule is Cc1cccc(OC(C)C)c1C(CCN(C)C)Cc1ccc(Cl)cc1Br. The first kappa shape index (κ1) is 21.3. The monoisotopic (exact) mass is 437 g/mol. The van der Waals surface area contributed by atoms with Crippen LogP contribution in [-0.4, -0.2) is 31.6 Å². The second-order valence-corrected chi connectivity index (χ2v) is 8.67. The van der Waals surface area contributed by atoms with E-state index < -0.39 is 0 Å². The van der Waals surface area contributed by atoms with Gasteiger partial charge in [0.15, 0.2) is 0 Å². The van der Waals surface area contributed by atoms with Crippen molar-refractivity contribution in [2.45, 2.75) is 45.6 Å². The lowest BCUT2D eigenvalue weighted by Crippen LogP contribution is -2.19. The molecule has 0 bridgehead atoms. The van der Waals surface area contributed by atoms with E-state index in [2.05, 4.69) is 80.0 Å². The molecule has 0 N–H and O–H groups in total. The van der Waals surface area contributed by atoms with Crippen LogP contribution in [0.15, 0.2) is 40.9 Å². The van der Waals surface area contributed by atoms with Gasteiger partial charge in [0.05, 0.1) is 6.10 Å². The van der Waals surface area contributed by atoms with E-state index in [1.54, 1.807) is 0 Å². The molecule has 0 aliphatic carbocycles. The van der Waals surface area contributed by atoms with Crippen molar-refractivity contribution in [3.05, 3.63) is 62.6 Å². The molecule has 2 aromatic carbocycles. The van der Waals surface area contributed by atoms with Crippen LogP contribution in [0.5, 0.6) is 5.75 Å². The molecule has 0 saturated heterocycles. The summed E-state index contributed by atoms with van der Waals surface area (Å²) in [7, 11) is 4.25. The quantitative estimate of drug-likeness (QED) is 0.468. The molecular formula is C22H29BrClNO. The van der Waals surface area contributed by atoms with Crippen molar-refractivity contribution < 1.29 is 4.74 Å². The summed E-state index contributed by atoms with van der Waals surface area (Å²) in [6.45, 7) is 7.38. The number of halogens is 2. The lowest BCUT2D eigenvalue weighted by atomic mass is 9.86. The normalized spacial score (nSPS) is 12.7. The summed E-state index contributed by atoms with van der Waals surface area (Å²) >= 11 is 9.80. The Bertz CT molecular complexity index is 730. The van der Waals surface area contributed by atoms with Gasteiger partial charge in [-0.05, 0) is 89.5 Å². The van der Waals surface area contributed by atoms with Gasteiger partial charge >= 0.3 is 0 Å². The van der Waals surface area contributed by atoms with Gasteiger partial charge in [0.2, 0.25) is 0 Å². The smallest absolute Gasteiger partial charge is 0.123 e. The van der Waals surface area contributed by atoms with Crippen LogP contribution in [-0.2, 0) is 6.42 Å². The minimum absolute atomic E-state index is 0.160. The molecule has 2 rings (SSSR count). The molecule has 0 aromatic heterocycles. The Morgan fingerprint density at radius 3 is 2.50 bits per heavy atom. The van der Waals surface area contributed by atoms with E-state index in [1.807, 2.05) is 12.1 Å². The topological polar surface area (TPSA) is 12.5 Å². The maximum Gasteiger partial charge on any atom is 0.123 e. The number of hydrogen-bond donors (Lipinski definition) is 0. The van der Waals surface area contributed by atoms with Gasteiger partial charge in [-0.2, -0.15) is 0 Å². The van der Waals surface area contributed by atoms with Gasteiger partial charge < -0.3 is 9.64 Å². The summed E-state index contributed by atoms with van der Waals surface area (Å²) in [5.74, 6) is 1.39. The van der Waals surface area contributed by atoms with Gasteiger partial charge in [-0.3, -0.25) is 0 Å². The molecule has 0 saturated carbocycles. The third-order valence-corrected chi connectivity index (χ3v) is 5.43. The van der Waals surface area contributed by atoms with E-state index in [-0.39, 0.29) is 6.10 Å². The molecule has 0 fully saturated rings. The lowest BCUT2D eigenvalue weighted by molar-refractivity contribution is 0.237. The molecule has 1 atom stereocenters. The van der Waals surface area contributed by atoms with Crippen molar-refractivity contribution in [3.8, 4) is 5.75 Å². The lowest BCUT2D eigenvalue weighted by Gasteiger charge is -2.25. The Balaban J connectivity index is 2.41. The number of rotatable bonds is 8. The molecule has 0 aliphatic rings. The van der Waals surface area contributed by atoms with Crippen molar-refractivity contribution in [1.82, 2.24) is 4.90 Å². The highest BCUT2D eigenvalue weighted by Gasteiger charge is 2.21. The fraction of sp³-hybridized carbons (Fsp3) is 0.455. The average molecular weight is 439 g/mol. The van der Waals surface area contributed by atoms with Crippen molar-refractivity contribution in [3.63, 3.8) is 0 Å². The van der Waals surface area contributed by atoms with Crippen molar-refractivity contribution in [2.24, 2.45) is 0 Å². The zero-order valence-electron chi connectivity index (χ0n) is 16.4. The van der Waals surface area contributed by atoms with Gasteiger partial charge in [-0.1, -0.05) is 45.7 Å². The second kappa shape index (κ2) is 9.77. The number of nitrogens with zero attached hydrogens (tertiary/aromatic N) is 1. The minimum Gasteiger partial charge on any atom is -0.491 e. The van der Waals surface area contributed by atoms with E-state index in [0.29, 0.717) is 5.92 Å². The largest absolute Gasteiger partial charge is 0.491 e. The summed E-state index contributed by atoms with van der Waals surface area (Å²) in [6, 6.07) is 12.4. The molecule has 26 heavy (non-hydrogen) atoms. The predicted molar refractivity (Wildman–Crippen MR) is 116 cm³/mol. The van der Waals surface area contributed by atoms with Gasteiger partial charge in [-0.25, -0.2) is 0 Å². The van der Waals surface area contributed by atoms with Crippen LogP contribution < -0.4 is 4.74 Å². The highest BCUT2D eigenvalue weighted by molar-refractivity contribution is 9.10. The predicted octanol–water partition coefficient (Wildman–Crippen LogP) is 6.48. The average Bonchev–Trinajstić information content (AvgIpc) is 2.53. The first-order chi connectivity index (χ1) is 12.3. The molecule has 2 aromatic rings. The minimum atomic E-state index is 0.160. The van der Waals surface area contributed by atoms with Gasteiger partial charge in [0, 0.05) is 15.1 Å². The maximum absolute atomic E-state index is 6.15. The summed E-state index contributed by atoms with van der Waals surface area (Å²) in [6.07, 6.45) is 2.18. The molecule has 142 valence electrons. The van der Waals surface area contributed by atoms with Crippen molar-refractivity contribution in [2.75, 3.05) is 20.6 Å². The standard InChI is InChI=1S/C22H29BrClNO/c1-15(2)26-21-8-6-7-16(3)22(21)18(11-12-25(4)5)13-17-9-10-19(24)14-20(17)23/h6-10,14-15,18H,11-13H2,1-5H3. The number of hydrogen-bond acceptors (Lipinski definition) is 2. The van der Waals surface area contributed by atoms with E-state index in [1.165, 1.54) is 16.7 Å². The highest BCUT2D eigenvalue weighted by Crippen LogP contribution is 2.37. The fourth-order valence-electron chi connectivity index (χ4n) is 3.25. The Labute approximate surface area is 171 Å². The first-order valence-corrected chi connectivity index (χ1v) is 10.3. The highest BCUT2D eigenvalue weighted by atomic mass is 79.9. The summed E-state index contributed by atoms with van der Waals surface area (Å²) in [4.78, 5) is 2.24. The van der Waals surface area contributed by atoms with Crippen LogP contribution in [0, 0.1) is 6.92 Å². The van der Waals surface area contributed by atoms with E-state index in [0.717, 1.165) is 34.6 Å². The van der Waals surface area contributed by atoms with Crippen LogP contribution in [0.1, 0.15) is 42.9 Å². The van der Waals surface area contributed by atoms with Gasteiger partial charge in [0.25, 0.3) is 0 Å². The van der Waals surface area contributed by atoms with Crippen molar-refractivity contribution >= 4 is 27.5 Å². The van der Waals surface area contributed by atoms with Gasteiger partial charge in [-0.15, -0.1) is 0 Å². The zero-order chi connectivity index (χ0) is 19.3. The zero-order valence-corrected chi connectivity index (χ0v) is 18.7. The number of ether oxygens (including phenoxy) is 1. The first-order valence-electron chi connectivity index (χ1n) is 9.12. The molecule has 2 nitrogen and oxygen atoms in total. The molecule has 0 spiro atoms. The molecule has 4 heteroatoms. The Morgan fingerprint density at radius 2 is 1.88 bits per heavy atom. The van der Waals surface area contributed by atoms with Crippen LogP contribution in [0.25, 0.3) is 0 Å². The molecule has 0 aliphatic heterocycles. The van der Waals surface area contributed by atoms with E-state index >= 15 is 0 Å². The number of aryl methyl sites for hydroxylation is 1. The Hall–Kier alpha value is -1.03. The molecule has 0 radical (unpaired) electrons. The van der Waals surface area contributed by atoms with Crippen LogP contribution in [0.4, 0.5) is 0 Å². The Kier molecular flexibility index (Phi) is 8.00.